The fourth-order valence-electron chi connectivity index (χ4n) is 3.10. The fourth-order valence-corrected chi connectivity index (χ4v) is 3.10. The van der Waals surface area contributed by atoms with Gasteiger partial charge in [0.1, 0.15) is 5.58 Å². The van der Waals surface area contributed by atoms with E-state index in [-0.39, 0.29) is 5.91 Å². The predicted octanol–water partition coefficient (Wildman–Crippen LogP) is 2.79. The maximum absolute atomic E-state index is 12.6. The molecule has 4 rings (SSSR count). The Morgan fingerprint density at radius 3 is 2.67 bits per heavy atom. The number of carbonyl (C=O) groups is 1. The average Bonchev–Trinajstić information content (AvgIpc) is 3.07. The molecular weight excluding hydrogens is 302 g/mol. The van der Waals surface area contributed by atoms with Gasteiger partial charge in [0.2, 0.25) is 0 Å². The van der Waals surface area contributed by atoms with Crippen molar-refractivity contribution in [3.63, 3.8) is 0 Å². The molecule has 1 amide bonds. The largest absolute Gasteiger partial charge is 0.451 e. The average molecular weight is 321 g/mol. The van der Waals surface area contributed by atoms with Crippen LogP contribution in [0.1, 0.15) is 16.1 Å². The number of aromatic nitrogens is 1. The summed E-state index contributed by atoms with van der Waals surface area (Å²) in [5, 5.41) is 0.969. The van der Waals surface area contributed by atoms with Crippen molar-refractivity contribution in [1.29, 1.82) is 0 Å². The number of benzene rings is 1. The van der Waals surface area contributed by atoms with Crippen LogP contribution in [0.5, 0.6) is 0 Å². The van der Waals surface area contributed by atoms with Crippen molar-refractivity contribution in [2.45, 2.75) is 6.54 Å². The zero-order chi connectivity index (χ0) is 16.4. The number of piperazine rings is 1. The van der Waals surface area contributed by atoms with Gasteiger partial charge in [-0.25, -0.2) is 0 Å². The van der Waals surface area contributed by atoms with Crippen molar-refractivity contribution in [2.24, 2.45) is 0 Å². The summed E-state index contributed by atoms with van der Waals surface area (Å²) >= 11 is 0. The lowest BCUT2D eigenvalue weighted by molar-refractivity contribution is 0.0600. The van der Waals surface area contributed by atoms with Gasteiger partial charge in [-0.15, -0.1) is 0 Å². The first kappa shape index (κ1) is 14.9. The summed E-state index contributed by atoms with van der Waals surface area (Å²) in [5.74, 6) is 0.407. The molecule has 24 heavy (non-hydrogen) atoms. The highest BCUT2D eigenvalue weighted by Gasteiger charge is 2.24. The van der Waals surface area contributed by atoms with Crippen LogP contribution in [0, 0.1) is 0 Å². The number of furan rings is 1. The summed E-state index contributed by atoms with van der Waals surface area (Å²) in [7, 11) is 0. The highest BCUT2D eigenvalue weighted by atomic mass is 16.3. The molecule has 5 nitrogen and oxygen atoms in total. The Morgan fingerprint density at radius 1 is 1.08 bits per heavy atom. The Kier molecular flexibility index (Phi) is 4.01. The summed E-state index contributed by atoms with van der Waals surface area (Å²) in [6.45, 7) is 4.04. The molecule has 1 saturated heterocycles. The molecule has 3 heterocycles. The van der Waals surface area contributed by atoms with E-state index in [1.807, 2.05) is 47.5 Å². The van der Waals surface area contributed by atoms with Gasteiger partial charge in [-0.2, -0.15) is 0 Å². The predicted molar refractivity (Wildman–Crippen MR) is 91.6 cm³/mol. The molecule has 5 heteroatoms. The first-order valence-electron chi connectivity index (χ1n) is 8.19. The van der Waals surface area contributed by atoms with Crippen molar-refractivity contribution >= 4 is 16.9 Å². The molecule has 1 fully saturated rings. The highest BCUT2D eigenvalue weighted by Crippen LogP contribution is 2.20. The van der Waals surface area contributed by atoms with Crippen molar-refractivity contribution in [1.82, 2.24) is 14.8 Å². The molecule has 0 atom stereocenters. The molecule has 0 saturated carbocycles. The number of pyridine rings is 1. The van der Waals surface area contributed by atoms with E-state index in [4.69, 9.17) is 4.42 Å². The molecule has 2 aromatic heterocycles. The van der Waals surface area contributed by atoms with E-state index < -0.39 is 0 Å². The van der Waals surface area contributed by atoms with E-state index >= 15 is 0 Å². The van der Waals surface area contributed by atoms with Gasteiger partial charge in [0.05, 0.1) is 0 Å². The van der Waals surface area contributed by atoms with E-state index in [9.17, 15) is 4.79 Å². The monoisotopic (exact) mass is 321 g/mol. The highest BCUT2D eigenvalue weighted by molar-refractivity contribution is 5.96. The second kappa shape index (κ2) is 6.45. The van der Waals surface area contributed by atoms with Crippen LogP contribution in [0.15, 0.2) is 59.3 Å². The van der Waals surface area contributed by atoms with Gasteiger partial charge >= 0.3 is 0 Å². The lowest BCUT2D eigenvalue weighted by Crippen LogP contribution is -2.48. The number of hydrogen-bond donors (Lipinski definition) is 0. The Hall–Kier alpha value is -2.66. The first-order chi connectivity index (χ1) is 11.8. The SMILES string of the molecule is O=C(c1cc2ccccc2o1)N1CCN(Cc2cccnc2)CC1. The maximum Gasteiger partial charge on any atom is 0.289 e. The van der Waals surface area contributed by atoms with E-state index in [2.05, 4.69) is 16.0 Å². The molecule has 122 valence electrons. The summed E-state index contributed by atoms with van der Waals surface area (Å²) in [6, 6.07) is 13.6. The number of rotatable bonds is 3. The topological polar surface area (TPSA) is 49.6 Å². The Morgan fingerprint density at radius 2 is 1.92 bits per heavy atom. The van der Waals surface area contributed by atoms with Crippen molar-refractivity contribution in [3.8, 4) is 0 Å². The number of para-hydroxylation sites is 1. The third-order valence-corrected chi connectivity index (χ3v) is 4.42. The molecule has 0 unspecified atom stereocenters. The smallest absolute Gasteiger partial charge is 0.289 e. The van der Waals surface area contributed by atoms with Gasteiger partial charge in [-0.05, 0) is 23.8 Å². The van der Waals surface area contributed by atoms with Crippen LogP contribution >= 0.6 is 0 Å². The minimum Gasteiger partial charge on any atom is -0.451 e. The second-order valence-corrected chi connectivity index (χ2v) is 6.08. The zero-order valence-corrected chi connectivity index (χ0v) is 13.4. The van der Waals surface area contributed by atoms with Gasteiger partial charge in [0.15, 0.2) is 5.76 Å². The first-order valence-corrected chi connectivity index (χ1v) is 8.19. The lowest BCUT2D eigenvalue weighted by atomic mass is 10.2. The summed E-state index contributed by atoms with van der Waals surface area (Å²) in [4.78, 5) is 21.0. The molecule has 1 aliphatic rings. The van der Waals surface area contributed by atoms with E-state index in [0.717, 1.165) is 43.7 Å². The molecule has 0 spiro atoms. The zero-order valence-electron chi connectivity index (χ0n) is 13.4. The Labute approximate surface area is 140 Å². The molecule has 1 aromatic carbocycles. The van der Waals surface area contributed by atoms with Gasteiger partial charge < -0.3 is 9.32 Å². The van der Waals surface area contributed by atoms with E-state index in [0.29, 0.717) is 5.76 Å². The van der Waals surface area contributed by atoms with Crippen LogP contribution < -0.4 is 0 Å². The maximum atomic E-state index is 12.6. The summed E-state index contributed by atoms with van der Waals surface area (Å²) in [6.07, 6.45) is 3.68. The van der Waals surface area contributed by atoms with Crippen LogP contribution in [0.4, 0.5) is 0 Å². The number of hydrogen-bond acceptors (Lipinski definition) is 4. The van der Waals surface area contributed by atoms with Gasteiger partial charge in [-0.1, -0.05) is 24.3 Å². The molecular formula is C19H19N3O2. The molecule has 0 radical (unpaired) electrons. The van der Waals surface area contributed by atoms with Crippen molar-refractivity contribution in [2.75, 3.05) is 26.2 Å². The van der Waals surface area contributed by atoms with Crippen LogP contribution in [0.3, 0.4) is 0 Å². The third kappa shape index (κ3) is 3.03. The fraction of sp³-hybridized carbons (Fsp3) is 0.263. The van der Waals surface area contributed by atoms with E-state index in [1.54, 1.807) is 6.20 Å². The van der Waals surface area contributed by atoms with Gasteiger partial charge in [0.25, 0.3) is 5.91 Å². The van der Waals surface area contributed by atoms with Crippen LogP contribution in [-0.4, -0.2) is 46.9 Å². The van der Waals surface area contributed by atoms with Gasteiger partial charge in [0, 0.05) is 50.5 Å². The standard InChI is InChI=1S/C19H19N3O2/c23-19(18-12-16-5-1-2-6-17(16)24-18)22-10-8-21(9-11-22)14-15-4-3-7-20-13-15/h1-7,12-13H,8-11,14H2. The van der Waals surface area contributed by atoms with Gasteiger partial charge in [-0.3, -0.25) is 14.7 Å². The molecule has 0 bridgehead atoms. The number of amides is 1. The summed E-state index contributed by atoms with van der Waals surface area (Å²) < 4.78 is 5.69. The minimum atomic E-state index is -0.0211. The summed E-state index contributed by atoms with van der Waals surface area (Å²) in [5.41, 5.74) is 1.96. The van der Waals surface area contributed by atoms with Crippen molar-refractivity contribution < 1.29 is 9.21 Å². The number of carbonyl (C=O) groups excluding carboxylic acids is 1. The Bertz CT molecular complexity index is 803. The molecule has 0 aliphatic carbocycles. The minimum absolute atomic E-state index is 0.0211. The number of nitrogens with zero attached hydrogens (tertiary/aromatic N) is 3. The molecule has 0 N–H and O–H groups in total. The normalized spacial score (nSPS) is 15.8. The molecule has 3 aromatic rings. The molecule has 1 aliphatic heterocycles. The van der Waals surface area contributed by atoms with Crippen LogP contribution in [-0.2, 0) is 6.54 Å². The van der Waals surface area contributed by atoms with Crippen LogP contribution in [0.25, 0.3) is 11.0 Å². The number of fused-ring (bicyclic) bond motifs is 1. The van der Waals surface area contributed by atoms with Crippen molar-refractivity contribution in [3.05, 3.63) is 66.2 Å². The van der Waals surface area contributed by atoms with E-state index in [1.165, 1.54) is 5.56 Å². The second-order valence-electron chi connectivity index (χ2n) is 6.08. The lowest BCUT2D eigenvalue weighted by Gasteiger charge is -2.34. The quantitative estimate of drug-likeness (QED) is 0.744. The Balaban J connectivity index is 1.39. The van der Waals surface area contributed by atoms with Crippen LogP contribution in [0.2, 0.25) is 0 Å². The third-order valence-electron chi connectivity index (χ3n) is 4.42.